The Bertz CT molecular complexity index is 1030. The summed E-state index contributed by atoms with van der Waals surface area (Å²) in [5, 5.41) is 9.74. The first-order valence-corrected chi connectivity index (χ1v) is 9.84. The molecule has 8 heteroatoms. The number of hydrogen-bond acceptors (Lipinski definition) is 8. The van der Waals surface area contributed by atoms with Crippen LogP contribution < -0.4 is 9.47 Å². The molecule has 2 aromatic heterocycles. The van der Waals surface area contributed by atoms with Crippen molar-refractivity contribution in [2.75, 3.05) is 6.61 Å². The molecule has 0 aliphatic carbocycles. The third-order valence-corrected chi connectivity index (χ3v) is 5.91. The molecule has 1 aliphatic rings. The van der Waals surface area contributed by atoms with Gasteiger partial charge in [-0.05, 0) is 24.3 Å². The normalized spacial score (nSPS) is 16.1. The summed E-state index contributed by atoms with van der Waals surface area (Å²) in [6.45, 7) is 0.348. The summed E-state index contributed by atoms with van der Waals surface area (Å²) < 4.78 is 18.5. The average Bonchev–Trinajstić information content (AvgIpc) is 3.32. The van der Waals surface area contributed by atoms with E-state index in [2.05, 4.69) is 21.2 Å². The fraction of sp³-hybridized carbons (Fsp3) is 0.167. The van der Waals surface area contributed by atoms with Crippen LogP contribution in [0.15, 0.2) is 58.2 Å². The number of thioether (sulfide) groups is 1. The van der Waals surface area contributed by atoms with Crippen LogP contribution >= 0.6 is 23.1 Å². The minimum absolute atomic E-state index is 0.348. The lowest BCUT2D eigenvalue weighted by molar-refractivity contribution is 0.0686. The molecule has 130 valence electrons. The molecule has 0 N–H and O–H groups in total. The second-order valence-electron chi connectivity index (χ2n) is 5.63. The minimum atomic E-state index is -0.394. The molecule has 0 amide bonds. The number of benzene rings is 2. The van der Waals surface area contributed by atoms with Crippen LogP contribution in [0.2, 0.25) is 0 Å². The van der Waals surface area contributed by atoms with Crippen LogP contribution in [0.1, 0.15) is 17.0 Å². The quantitative estimate of drug-likeness (QED) is 0.481. The zero-order chi connectivity index (χ0) is 17.3. The molecule has 6 nitrogen and oxygen atoms in total. The molecular formula is C18H13N3O3S2. The number of rotatable bonds is 4. The summed E-state index contributed by atoms with van der Waals surface area (Å²) in [5.74, 6) is 2.52. The van der Waals surface area contributed by atoms with Gasteiger partial charge in [0.05, 0.1) is 16.0 Å². The van der Waals surface area contributed by atoms with Gasteiger partial charge in [-0.3, -0.25) is 0 Å². The second-order valence-corrected chi connectivity index (χ2v) is 7.68. The highest BCUT2D eigenvalue weighted by molar-refractivity contribution is 7.98. The molecule has 0 saturated heterocycles. The topological polar surface area (TPSA) is 70.3 Å². The Labute approximate surface area is 157 Å². The van der Waals surface area contributed by atoms with E-state index in [0.29, 0.717) is 29.2 Å². The van der Waals surface area contributed by atoms with Crippen molar-refractivity contribution in [3.05, 3.63) is 59.4 Å². The molecule has 0 saturated carbocycles. The molecule has 3 heterocycles. The summed E-state index contributed by atoms with van der Waals surface area (Å²) in [5.41, 5.74) is 1.02. The van der Waals surface area contributed by atoms with Crippen molar-refractivity contribution >= 4 is 33.3 Å². The summed E-state index contributed by atoms with van der Waals surface area (Å²) in [7, 11) is 0. The van der Waals surface area contributed by atoms with Crippen molar-refractivity contribution in [2.45, 2.75) is 17.1 Å². The number of aromatic nitrogens is 3. The smallest absolute Gasteiger partial charge is 0.277 e. The van der Waals surface area contributed by atoms with Crippen molar-refractivity contribution in [1.82, 2.24) is 15.2 Å². The standard InChI is InChI=1S/C18H13N3O3S2/c1-4-8-15-11(5-1)19-16(26-15)10-25-18-21-20-17(24-18)14-9-22-12-6-2-3-7-13(12)23-14/h1-8,14H,9-10H2. The zero-order valence-corrected chi connectivity index (χ0v) is 15.1. The largest absolute Gasteiger partial charge is 0.485 e. The number of thiazole rings is 1. The van der Waals surface area contributed by atoms with Crippen molar-refractivity contribution in [1.29, 1.82) is 0 Å². The average molecular weight is 383 g/mol. The van der Waals surface area contributed by atoms with E-state index in [4.69, 9.17) is 13.9 Å². The molecule has 2 aromatic carbocycles. The Kier molecular flexibility index (Phi) is 3.99. The summed E-state index contributed by atoms with van der Waals surface area (Å²) in [6.07, 6.45) is -0.394. The number of hydrogen-bond donors (Lipinski definition) is 0. The van der Waals surface area contributed by atoms with E-state index < -0.39 is 6.10 Å². The van der Waals surface area contributed by atoms with Gasteiger partial charge in [0.2, 0.25) is 6.10 Å². The third-order valence-electron chi connectivity index (χ3n) is 3.86. The second kappa shape index (κ2) is 6.62. The maximum Gasteiger partial charge on any atom is 0.277 e. The fourth-order valence-electron chi connectivity index (χ4n) is 2.66. The predicted molar refractivity (Wildman–Crippen MR) is 98.8 cm³/mol. The molecule has 1 aliphatic heterocycles. The highest BCUT2D eigenvalue weighted by Gasteiger charge is 2.27. The molecule has 1 unspecified atom stereocenters. The lowest BCUT2D eigenvalue weighted by Crippen LogP contribution is -2.21. The van der Waals surface area contributed by atoms with Gasteiger partial charge in [0, 0.05) is 0 Å². The predicted octanol–water partition coefficient (Wildman–Crippen LogP) is 4.48. The first kappa shape index (κ1) is 15.7. The molecule has 1 atom stereocenters. The van der Waals surface area contributed by atoms with Crippen LogP contribution in [-0.4, -0.2) is 21.8 Å². The number of para-hydroxylation sites is 3. The maximum atomic E-state index is 5.89. The first-order chi connectivity index (χ1) is 12.8. The van der Waals surface area contributed by atoms with Gasteiger partial charge in [-0.15, -0.1) is 21.5 Å². The van der Waals surface area contributed by atoms with Crippen molar-refractivity contribution in [3.63, 3.8) is 0 Å². The minimum Gasteiger partial charge on any atom is -0.485 e. The molecule has 26 heavy (non-hydrogen) atoms. The third kappa shape index (κ3) is 3.02. The molecule has 4 aromatic rings. The van der Waals surface area contributed by atoms with Crippen LogP contribution in [0.3, 0.4) is 0 Å². The van der Waals surface area contributed by atoms with Gasteiger partial charge in [0.15, 0.2) is 11.5 Å². The summed E-state index contributed by atoms with van der Waals surface area (Å²) in [6, 6.07) is 15.6. The van der Waals surface area contributed by atoms with E-state index in [9.17, 15) is 0 Å². The Morgan fingerprint density at radius 2 is 1.88 bits per heavy atom. The van der Waals surface area contributed by atoms with Crippen molar-refractivity contribution < 1.29 is 13.9 Å². The number of fused-ring (bicyclic) bond motifs is 2. The van der Waals surface area contributed by atoms with Gasteiger partial charge >= 0.3 is 0 Å². The van der Waals surface area contributed by atoms with E-state index in [1.54, 1.807) is 11.3 Å². The van der Waals surface area contributed by atoms with Crippen molar-refractivity contribution in [3.8, 4) is 11.5 Å². The van der Waals surface area contributed by atoms with E-state index in [1.807, 2.05) is 42.5 Å². The first-order valence-electron chi connectivity index (χ1n) is 8.04. The SMILES string of the molecule is c1ccc2c(c1)OCC(c1nnc(SCc3nc4ccccc4s3)o1)O2. The van der Waals surface area contributed by atoms with E-state index >= 15 is 0 Å². The summed E-state index contributed by atoms with van der Waals surface area (Å²) in [4.78, 5) is 4.61. The van der Waals surface area contributed by atoms with Gasteiger partial charge in [0.25, 0.3) is 11.1 Å². The number of nitrogens with zero attached hydrogens (tertiary/aromatic N) is 3. The molecule has 0 fully saturated rings. The highest BCUT2D eigenvalue weighted by atomic mass is 32.2. The Balaban J connectivity index is 1.27. The van der Waals surface area contributed by atoms with Gasteiger partial charge in [0.1, 0.15) is 11.6 Å². The zero-order valence-electron chi connectivity index (χ0n) is 13.5. The van der Waals surface area contributed by atoms with Crippen molar-refractivity contribution in [2.24, 2.45) is 0 Å². The maximum absolute atomic E-state index is 5.89. The molecular weight excluding hydrogens is 370 g/mol. The van der Waals surface area contributed by atoms with Gasteiger partial charge < -0.3 is 13.9 Å². The molecule has 5 rings (SSSR count). The Morgan fingerprint density at radius 3 is 2.81 bits per heavy atom. The Hall–Kier alpha value is -2.58. The number of ether oxygens (including phenoxy) is 2. The van der Waals surface area contributed by atoms with Gasteiger partial charge in [-0.2, -0.15) is 0 Å². The van der Waals surface area contributed by atoms with Gasteiger partial charge in [-0.25, -0.2) is 4.98 Å². The Morgan fingerprint density at radius 1 is 1.04 bits per heavy atom. The van der Waals surface area contributed by atoms with E-state index in [0.717, 1.165) is 16.3 Å². The monoisotopic (exact) mass is 383 g/mol. The van der Waals surface area contributed by atoms with E-state index in [1.165, 1.54) is 16.5 Å². The summed E-state index contributed by atoms with van der Waals surface area (Å²) >= 11 is 3.15. The lowest BCUT2D eigenvalue weighted by Gasteiger charge is -2.23. The molecule has 0 bridgehead atoms. The van der Waals surface area contributed by atoms with Crippen LogP contribution in [0.25, 0.3) is 10.2 Å². The molecule has 0 radical (unpaired) electrons. The van der Waals surface area contributed by atoms with Crippen LogP contribution in [-0.2, 0) is 5.75 Å². The van der Waals surface area contributed by atoms with Crippen LogP contribution in [0, 0.1) is 0 Å². The van der Waals surface area contributed by atoms with Crippen LogP contribution in [0.5, 0.6) is 11.5 Å². The fourth-order valence-corrected chi connectivity index (χ4v) is 4.38. The molecule has 0 spiro atoms. The lowest BCUT2D eigenvalue weighted by atomic mass is 10.2. The highest BCUT2D eigenvalue weighted by Crippen LogP contribution is 2.36. The van der Waals surface area contributed by atoms with Crippen LogP contribution in [0.4, 0.5) is 0 Å². The van der Waals surface area contributed by atoms with Gasteiger partial charge in [-0.1, -0.05) is 36.0 Å². The van der Waals surface area contributed by atoms with E-state index in [-0.39, 0.29) is 0 Å².